The highest BCUT2D eigenvalue weighted by Gasteiger charge is 2.11. The molecular formula is C20H24N4O. The van der Waals surface area contributed by atoms with Gasteiger partial charge < -0.3 is 15.0 Å². The second-order valence-corrected chi connectivity index (χ2v) is 6.16. The molecule has 0 radical (unpaired) electrons. The molecule has 0 atom stereocenters. The van der Waals surface area contributed by atoms with Gasteiger partial charge in [0.25, 0.3) is 0 Å². The number of nitrogens with one attached hydrogen (secondary N) is 1. The maximum atomic E-state index is 5.12. The Morgan fingerprint density at radius 3 is 2.72 bits per heavy atom. The summed E-state index contributed by atoms with van der Waals surface area (Å²) in [6.45, 7) is 1.57. The zero-order valence-corrected chi connectivity index (χ0v) is 15.0. The Hall–Kier alpha value is -2.66. The third kappa shape index (κ3) is 3.88. The minimum atomic E-state index is 0.738. The molecule has 0 spiro atoms. The third-order valence-corrected chi connectivity index (χ3v) is 4.18. The first-order valence-corrected chi connectivity index (χ1v) is 8.44. The number of anilines is 2. The van der Waals surface area contributed by atoms with Crippen LogP contribution in [0.2, 0.25) is 0 Å². The average molecular weight is 336 g/mol. The summed E-state index contributed by atoms with van der Waals surface area (Å²) in [5.74, 6) is 0.905. The van der Waals surface area contributed by atoms with Gasteiger partial charge in [0.1, 0.15) is 5.82 Å². The number of pyridine rings is 2. The van der Waals surface area contributed by atoms with Crippen molar-refractivity contribution < 1.29 is 4.74 Å². The Morgan fingerprint density at radius 1 is 1.12 bits per heavy atom. The zero-order chi connectivity index (χ0) is 17.6. The molecular weight excluding hydrogens is 312 g/mol. The summed E-state index contributed by atoms with van der Waals surface area (Å²) >= 11 is 0. The zero-order valence-electron chi connectivity index (χ0n) is 15.0. The van der Waals surface area contributed by atoms with Crippen LogP contribution in [0.15, 0.2) is 48.9 Å². The summed E-state index contributed by atoms with van der Waals surface area (Å²) < 4.78 is 5.12. The lowest BCUT2D eigenvalue weighted by Gasteiger charge is -2.17. The lowest BCUT2D eigenvalue weighted by Crippen LogP contribution is -2.09. The van der Waals surface area contributed by atoms with E-state index in [2.05, 4.69) is 44.5 Å². The highest BCUT2D eigenvalue weighted by atomic mass is 16.5. The largest absolute Gasteiger partial charge is 0.385 e. The maximum absolute atomic E-state index is 5.12. The molecule has 0 aliphatic carbocycles. The first-order valence-electron chi connectivity index (χ1n) is 8.44. The van der Waals surface area contributed by atoms with E-state index in [0.29, 0.717) is 0 Å². The van der Waals surface area contributed by atoms with Crippen LogP contribution in [0.4, 0.5) is 11.5 Å². The molecule has 5 heteroatoms. The van der Waals surface area contributed by atoms with Crippen LogP contribution in [0.3, 0.4) is 0 Å². The highest BCUT2D eigenvalue weighted by Crippen LogP contribution is 2.33. The van der Waals surface area contributed by atoms with Gasteiger partial charge in [-0.3, -0.25) is 4.98 Å². The Labute approximate surface area is 148 Å². The molecule has 0 aliphatic rings. The molecule has 25 heavy (non-hydrogen) atoms. The van der Waals surface area contributed by atoms with E-state index in [4.69, 9.17) is 4.74 Å². The highest BCUT2D eigenvalue weighted by molar-refractivity contribution is 6.03. The van der Waals surface area contributed by atoms with Gasteiger partial charge in [-0.25, -0.2) is 4.98 Å². The van der Waals surface area contributed by atoms with Gasteiger partial charge in [-0.15, -0.1) is 0 Å². The number of rotatable bonds is 7. The fourth-order valence-electron chi connectivity index (χ4n) is 2.83. The second-order valence-electron chi connectivity index (χ2n) is 6.16. The fraction of sp³-hybridized carbons (Fsp3) is 0.300. The van der Waals surface area contributed by atoms with Crippen LogP contribution in [0.1, 0.15) is 6.42 Å². The minimum Gasteiger partial charge on any atom is -0.385 e. The summed E-state index contributed by atoms with van der Waals surface area (Å²) in [4.78, 5) is 11.0. The van der Waals surface area contributed by atoms with Crippen LogP contribution in [0.25, 0.3) is 21.9 Å². The first kappa shape index (κ1) is 17.2. The predicted molar refractivity (Wildman–Crippen MR) is 104 cm³/mol. The molecule has 130 valence electrons. The second kappa shape index (κ2) is 7.94. The molecule has 3 aromatic rings. The first-order chi connectivity index (χ1) is 12.2. The SMILES string of the molecule is COCCCNc1ncc(-c2cccnc2)c2ccc(N(C)C)cc12. The van der Waals surface area contributed by atoms with Crippen molar-refractivity contribution in [2.24, 2.45) is 0 Å². The van der Waals surface area contributed by atoms with Gasteiger partial charge in [0, 0.05) is 75.1 Å². The molecule has 5 nitrogen and oxygen atoms in total. The fourth-order valence-corrected chi connectivity index (χ4v) is 2.83. The Bertz CT molecular complexity index is 834. The molecule has 0 saturated carbocycles. The van der Waals surface area contributed by atoms with Crippen molar-refractivity contribution in [2.45, 2.75) is 6.42 Å². The van der Waals surface area contributed by atoms with Gasteiger partial charge in [0.05, 0.1) is 0 Å². The number of methoxy groups -OCH3 is 1. The van der Waals surface area contributed by atoms with Crippen molar-refractivity contribution in [3.8, 4) is 11.1 Å². The molecule has 0 saturated heterocycles. The number of nitrogens with zero attached hydrogens (tertiary/aromatic N) is 3. The number of hydrogen-bond acceptors (Lipinski definition) is 5. The quantitative estimate of drug-likeness (QED) is 0.665. The van der Waals surface area contributed by atoms with Crippen LogP contribution in [-0.2, 0) is 4.74 Å². The maximum Gasteiger partial charge on any atom is 0.133 e. The van der Waals surface area contributed by atoms with Crippen LogP contribution in [0, 0.1) is 0 Å². The normalized spacial score (nSPS) is 10.8. The standard InChI is InChI=1S/C20H24N4O/c1-24(2)16-7-8-17-18(12-16)20(22-10-5-11-25-3)23-14-19(17)15-6-4-9-21-13-15/h4,6-9,12-14H,5,10-11H2,1-3H3,(H,22,23). The molecule has 1 aromatic carbocycles. The number of ether oxygens (including phenoxy) is 1. The average Bonchev–Trinajstić information content (AvgIpc) is 2.65. The van der Waals surface area contributed by atoms with Crippen LogP contribution in [0.5, 0.6) is 0 Å². The van der Waals surface area contributed by atoms with Crippen molar-refractivity contribution in [3.05, 3.63) is 48.9 Å². The van der Waals surface area contributed by atoms with E-state index in [-0.39, 0.29) is 0 Å². The molecule has 0 bridgehead atoms. The van der Waals surface area contributed by atoms with Crippen molar-refractivity contribution in [2.75, 3.05) is 44.6 Å². The summed E-state index contributed by atoms with van der Waals surface area (Å²) in [6.07, 6.45) is 6.53. The van der Waals surface area contributed by atoms with Gasteiger partial charge in [-0.1, -0.05) is 12.1 Å². The number of aromatic nitrogens is 2. The van der Waals surface area contributed by atoms with E-state index in [1.54, 1.807) is 13.3 Å². The van der Waals surface area contributed by atoms with Crippen LogP contribution in [-0.4, -0.2) is 44.3 Å². The molecule has 3 rings (SSSR count). The van der Waals surface area contributed by atoms with Gasteiger partial charge in [-0.2, -0.15) is 0 Å². The van der Waals surface area contributed by atoms with Crippen molar-refractivity contribution in [1.29, 1.82) is 0 Å². The molecule has 0 unspecified atom stereocenters. The predicted octanol–water partition coefficient (Wildman–Crippen LogP) is 3.81. The van der Waals surface area contributed by atoms with Crippen LogP contribution >= 0.6 is 0 Å². The number of fused-ring (bicyclic) bond motifs is 1. The van der Waals surface area contributed by atoms with Gasteiger partial charge in [0.15, 0.2) is 0 Å². The number of hydrogen-bond donors (Lipinski definition) is 1. The molecule has 2 heterocycles. The van der Waals surface area contributed by atoms with E-state index in [1.165, 1.54) is 5.39 Å². The van der Waals surface area contributed by atoms with E-state index < -0.39 is 0 Å². The molecule has 1 N–H and O–H groups in total. The minimum absolute atomic E-state index is 0.738. The van der Waals surface area contributed by atoms with Gasteiger partial charge >= 0.3 is 0 Å². The van der Waals surface area contributed by atoms with Crippen molar-refractivity contribution >= 4 is 22.3 Å². The van der Waals surface area contributed by atoms with Crippen molar-refractivity contribution in [1.82, 2.24) is 9.97 Å². The Morgan fingerprint density at radius 2 is 2.00 bits per heavy atom. The Kier molecular flexibility index (Phi) is 5.46. The summed E-state index contributed by atoms with van der Waals surface area (Å²) in [7, 11) is 5.82. The van der Waals surface area contributed by atoms with E-state index >= 15 is 0 Å². The molecule has 0 fully saturated rings. The van der Waals surface area contributed by atoms with Crippen LogP contribution < -0.4 is 10.2 Å². The van der Waals surface area contributed by atoms with E-state index in [1.807, 2.05) is 32.6 Å². The summed E-state index contributed by atoms with van der Waals surface area (Å²) in [5, 5.41) is 5.73. The number of benzene rings is 1. The molecule has 0 aliphatic heterocycles. The molecule has 2 aromatic heterocycles. The molecule has 0 amide bonds. The van der Waals surface area contributed by atoms with Gasteiger partial charge in [-0.05, 0) is 30.0 Å². The summed E-state index contributed by atoms with van der Waals surface area (Å²) in [5.41, 5.74) is 3.32. The Balaban J connectivity index is 2.06. The van der Waals surface area contributed by atoms with E-state index in [9.17, 15) is 0 Å². The summed E-state index contributed by atoms with van der Waals surface area (Å²) in [6, 6.07) is 10.5. The van der Waals surface area contributed by atoms with E-state index in [0.717, 1.165) is 47.6 Å². The van der Waals surface area contributed by atoms with Gasteiger partial charge in [0.2, 0.25) is 0 Å². The third-order valence-electron chi connectivity index (χ3n) is 4.18. The smallest absolute Gasteiger partial charge is 0.133 e. The van der Waals surface area contributed by atoms with Crippen molar-refractivity contribution in [3.63, 3.8) is 0 Å². The lowest BCUT2D eigenvalue weighted by atomic mass is 10.0. The topological polar surface area (TPSA) is 50.3 Å². The monoisotopic (exact) mass is 336 g/mol. The lowest BCUT2D eigenvalue weighted by molar-refractivity contribution is 0.198.